The number of aliphatic hydroxyl groups excluding tert-OH is 1. The fourth-order valence-corrected chi connectivity index (χ4v) is 5.13. The Labute approximate surface area is 140 Å². The van der Waals surface area contributed by atoms with Crippen LogP contribution in [0.2, 0.25) is 0 Å². The standard InChI is InChI=1S/C15H21N3O3S2/c1-10(2)15-16-5-14(17-15)23(20,21)18-6-12(8-19)13(7-18)11-3-4-22-9-11/h3-5,9-10,12-13,19H,6-8H2,1-2H3,(H,16,17). The molecule has 2 N–H and O–H groups in total. The summed E-state index contributed by atoms with van der Waals surface area (Å²) in [4.78, 5) is 7.06. The Morgan fingerprint density at radius 2 is 2.26 bits per heavy atom. The van der Waals surface area contributed by atoms with Gasteiger partial charge in [-0.2, -0.15) is 15.6 Å². The van der Waals surface area contributed by atoms with Gasteiger partial charge in [0, 0.05) is 37.5 Å². The number of aromatic nitrogens is 2. The number of nitrogens with one attached hydrogen (secondary N) is 1. The van der Waals surface area contributed by atoms with Gasteiger partial charge in [-0.15, -0.1) is 0 Å². The molecule has 8 heteroatoms. The van der Waals surface area contributed by atoms with E-state index in [1.54, 1.807) is 11.3 Å². The molecule has 0 aliphatic carbocycles. The first kappa shape index (κ1) is 16.6. The number of sulfonamides is 1. The van der Waals surface area contributed by atoms with E-state index in [2.05, 4.69) is 9.97 Å². The van der Waals surface area contributed by atoms with Crippen LogP contribution in [0.1, 0.15) is 37.1 Å². The van der Waals surface area contributed by atoms with E-state index in [0.717, 1.165) is 5.56 Å². The molecule has 3 rings (SSSR count). The Morgan fingerprint density at radius 3 is 2.83 bits per heavy atom. The van der Waals surface area contributed by atoms with Gasteiger partial charge in [-0.05, 0) is 22.4 Å². The summed E-state index contributed by atoms with van der Waals surface area (Å²) in [6.45, 7) is 4.61. The number of aliphatic hydroxyl groups is 1. The van der Waals surface area contributed by atoms with Crippen LogP contribution >= 0.6 is 11.3 Å². The number of hydrogen-bond donors (Lipinski definition) is 2. The molecule has 0 amide bonds. The second-order valence-electron chi connectivity index (χ2n) is 6.22. The van der Waals surface area contributed by atoms with Gasteiger partial charge in [0.25, 0.3) is 10.0 Å². The third-order valence-electron chi connectivity index (χ3n) is 4.35. The SMILES string of the molecule is CC(C)c1ncc(S(=O)(=O)N2CC(CO)C(c3ccsc3)C2)[nH]1. The molecule has 1 saturated heterocycles. The molecule has 3 heterocycles. The summed E-state index contributed by atoms with van der Waals surface area (Å²) in [7, 11) is -3.61. The summed E-state index contributed by atoms with van der Waals surface area (Å²) in [6, 6.07) is 2.00. The topological polar surface area (TPSA) is 86.3 Å². The van der Waals surface area contributed by atoms with Gasteiger partial charge < -0.3 is 10.1 Å². The summed E-state index contributed by atoms with van der Waals surface area (Å²) < 4.78 is 27.1. The summed E-state index contributed by atoms with van der Waals surface area (Å²) in [5.74, 6) is 0.762. The van der Waals surface area contributed by atoms with Gasteiger partial charge in [0.1, 0.15) is 5.82 Å². The molecule has 0 radical (unpaired) electrons. The third kappa shape index (κ3) is 3.08. The van der Waals surface area contributed by atoms with Gasteiger partial charge in [-0.1, -0.05) is 13.8 Å². The molecule has 126 valence electrons. The predicted molar refractivity (Wildman–Crippen MR) is 89.1 cm³/mol. The third-order valence-corrected chi connectivity index (χ3v) is 6.79. The maximum Gasteiger partial charge on any atom is 0.260 e. The van der Waals surface area contributed by atoms with Gasteiger partial charge in [0.2, 0.25) is 0 Å². The van der Waals surface area contributed by atoms with E-state index in [4.69, 9.17) is 0 Å². The molecule has 2 unspecified atom stereocenters. The van der Waals surface area contributed by atoms with Crippen molar-refractivity contribution in [2.24, 2.45) is 5.92 Å². The van der Waals surface area contributed by atoms with E-state index in [1.165, 1.54) is 10.5 Å². The molecular formula is C15H21N3O3S2. The average molecular weight is 355 g/mol. The van der Waals surface area contributed by atoms with Gasteiger partial charge in [0.05, 0.1) is 6.20 Å². The minimum absolute atomic E-state index is 0.0211. The van der Waals surface area contributed by atoms with Gasteiger partial charge in [-0.25, -0.2) is 13.4 Å². The molecule has 0 spiro atoms. The minimum Gasteiger partial charge on any atom is -0.396 e. The van der Waals surface area contributed by atoms with Crippen LogP contribution in [0, 0.1) is 5.92 Å². The zero-order valence-corrected chi connectivity index (χ0v) is 14.8. The van der Waals surface area contributed by atoms with Gasteiger partial charge in [0.15, 0.2) is 5.03 Å². The van der Waals surface area contributed by atoms with E-state index in [1.807, 2.05) is 30.7 Å². The lowest BCUT2D eigenvalue weighted by Crippen LogP contribution is -2.29. The first-order chi connectivity index (χ1) is 10.9. The average Bonchev–Trinajstić information content (AvgIpc) is 3.25. The summed E-state index contributed by atoms with van der Waals surface area (Å²) in [5, 5.41) is 13.8. The molecule has 0 bridgehead atoms. The smallest absolute Gasteiger partial charge is 0.260 e. The lowest BCUT2D eigenvalue weighted by molar-refractivity contribution is 0.223. The van der Waals surface area contributed by atoms with Crippen molar-refractivity contribution in [1.29, 1.82) is 0 Å². The van der Waals surface area contributed by atoms with Crippen molar-refractivity contribution in [3.05, 3.63) is 34.4 Å². The molecule has 2 atom stereocenters. The van der Waals surface area contributed by atoms with Gasteiger partial charge in [-0.3, -0.25) is 0 Å². The lowest BCUT2D eigenvalue weighted by atomic mass is 9.92. The Hall–Kier alpha value is -1.22. The quantitative estimate of drug-likeness (QED) is 0.859. The molecule has 2 aromatic heterocycles. The number of hydrogen-bond acceptors (Lipinski definition) is 5. The monoisotopic (exact) mass is 355 g/mol. The molecule has 2 aromatic rings. The van der Waals surface area contributed by atoms with E-state index < -0.39 is 10.0 Å². The zero-order chi connectivity index (χ0) is 16.6. The maximum atomic E-state index is 12.8. The highest BCUT2D eigenvalue weighted by molar-refractivity contribution is 7.89. The van der Waals surface area contributed by atoms with Crippen molar-refractivity contribution < 1.29 is 13.5 Å². The second kappa shape index (κ2) is 6.35. The lowest BCUT2D eigenvalue weighted by Gasteiger charge is -2.15. The van der Waals surface area contributed by atoms with Crippen LogP contribution in [0.3, 0.4) is 0 Å². The van der Waals surface area contributed by atoms with Crippen LogP contribution in [0.5, 0.6) is 0 Å². The van der Waals surface area contributed by atoms with E-state index in [-0.39, 0.29) is 29.4 Å². The zero-order valence-electron chi connectivity index (χ0n) is 13.1. The first-order valence-electron chi connectivity index (χ1n) is 7.61. The highest BCUT2D eigenvalue weighted by atomic mass is 32.2. The van der Waals surface area contributed by atoms with Crippen molar-refractivity contribution in [3.63, 3.8) is 0 Å². The molecule has 0 aromatic carbocycles. The predicted octanol–water partition coefficient (Wildman–Crippen LogP) is 1.99. The second-order valence-corrected chi connectivity index (χ2v) is 8.90. The number of H-pyrrole nitrogens is 1. The summed E-state index contributed by atoms with van der Waals surface area (Å²) >= 11 is 1.58. The molecule has 1 aliphatic rings. The van der Waals surface area contributed by atoms with E-state index in [0.29, 0.717) is 18.9 Å². The highest BCUT2D eigenvalue weighted by Crippen LogP contribution is 2.36. The molecule has 23 heavy (non-hydrogen) atoms. The first-order valence-corrected chi connectivity index (χ1v) is 9.99. The maximum absolute atomic E-state index is 12.8. The summed E-state index contributed by atoms with van der Waals surface area (Å²) in [5.41, 5.74) is 1.10. The van der Waals surface area contributed by atoms with Crippen LogP contribution in [0.15, 0.2) is 28.0 Å². The Morgan fingerprint density at radius 1 is 1.48 bits per heavy atom. The van der Waals surface area contributed by atoms with Crippen molar-refractivity contribution in [2.75, 3.05) is 19.7 Å². The largest absolute Gasteiger partial charge is 0.396 e. The van der Waals surface area contributed by atoms with Crippen LogP contribution < -0.4 is 0 Å². The normalized spacial score (nSPS) is 23.0. The van der Waals surface area contributed by atoms with Crippen LogP contribution in [0.4, 0.5) is 0 Å². The van der Waals surface area contributed by atoms with Crippen LogP contribution in [-0.2, 0) is 10.0 Å². The van der Waals surface area contributed by atoms with Gasteiger partial charge >= 0.3 is 0 Å². The fourth-order valence-electron chi connectivity index (χ4n) is 2.96. The summed E-state index contributed by atoms with van der Waals surface area (Å²) in [6.07, 6.45) is 1.39. The minimum atomic E-state index is -3.61. The molecule has 1 fully saturated rings. The number of thiophene rings is 1. The fraction of sp³-hybridized carbons (Fsp3) is 0.533. The van der Waals surface area contributed by atoms with Crippen molar-refractivity contribution in [2.45, 2.75) is 30.7 Å². The number of aromatic amines is 1. The Balaban J connectivity index is 1.86. The Bertz CT molecular complexity index is 753. The number of nitrogens with zero attached hydrogens (tertiary/aromatic N) is 2. The molecular weight excluding hydrogens is 334 g/mol. The molecule has 1 aliphatic heterocycles. The van der Waals surface area contributed by atoms with E-state index >= 15 is 0 Å². The van der Waals surface area contributed by atoms with Crippen LogP contribution in [-0.4, -0.2) is 47.5 Å². The van der Waals surface area contributed by atoms with Crippen molar-refractivity contribution in [3.8, 4) is 0 Å². The van der Waals surface area contributed by atoms with Crippen LogP contribution in [0.25, 0.3) is 0 Å². The number of imidazole rings is 1. The highest BCUT2D eigenvalue weighted by Gasteiger charge is 2.40. The Kier molecular flexibility index (Phi) is 4.59. The van der Waals surface area contributed by atoms with Crippen molar-refractivity contribution in [1.82, 2.24) is 14.3 Å². The molecule has 0 saturated carbocycles. The van der Waals surface area contributed by atoms with Crippen molar-refractivity contribution >= 4 is 21.4 Å². The number of rotatable bonds is 5. The molecule has 6 nitrogen and oxygen atoms in total. The van der Waals surface area contributed by atoms with E-state index in [9.17, 15) is 13.5 Å².